The Balaban J connectivity index is 1.68. The molecule has 1 aliphatic rings. The van der Waals surface area contributed by atoms with Crippen molar-refractivity contribution < 1.29 is 9.50 Å². The molecule has 0 aliphatic carbocycles. The number of aryl methyl sites for hydroxylation is 1. The van der Waals surface area contributed by atoms with E-state index in [4.69, 9.17) is 18.2 Å². The van der Waals surface area contributed by atoms with Gasteiger partial charge in [0.25, 0.3) is 0 Å². The average Bonchev–Trinajstić information content (AvgIpc) is 3.16. The van der Waals surface area contributed by atoms with E-state index in [0.29, 0.717) is 35.4 Å². The molecule has 0 spiro atoms. The van der Waals surface area contributed by atoms with Crippen LogP contribution in [0.5, 0.6) is 0 Å². The second kappa shape index (κ2) is 8.05. The van der Waals surface area contributed by atoms with Gasteiger partial charge in [-0.1, -0.05) is 35.9 Å². The molecule has 8 heteroatoms. The summed E-state index contributed by atoms with van der Waals surface area (Å²) in [7, 11) is 0. The SMILES string of the molecule is [C-]#[N+]c1ccc2c(N3CCC(F)(CO)C3)nnc(NCc3ccc(C)c(Cl)c3)c2c1. The number of hydrogen-bond donors (Lipinski definition) is 2. The van der Waals surface area contributed by atoms with Gasteiger partial charge in [-0.15, -0.1) is 10.2 Å². The van der Waals surface area contributed by atoms with Crippen LogP contribution in [0, 0.1) is 13.5 Å². The molecule has 2 heterocycles. The van der Waals surface area contributed by atoms with Gasteiger partial charge in [-0.3, -0.25) is 0 Å². The Morgan fingerprint density at radius 2 is 2.10 bits per heavy atom. The fraction of sp³-hybridized carbons (Fsp3) is 0.318. The molecule has 30 heavy (non-hydrogen) atoms. The van der Waals surface area contributed by atoms with Gasteiger partial charge in [0.2, 0.25) is 0 Å². The Bertz CT molecular complexity index is 1150. The maximum absolute atomic E-state index is 14.5. The highest BCUT2D eigenvalue weighted by Crippen LogP contribution is 2.36. The van der Waals surface area contributed by atoms with Crippen molar-refractivity contribution in [3.63, 3.8) is 0 Å². The smallest absolute Gasteiger partial charge is 0.188 e. The second-order valence-electron chi connectivity index (χ2n) is 7.63. The highest BCUT2D eigenvalue weighted by molar-refractivity contribution is 6.31. The molecule has 2 aromatic carbocycles. The molecule has 1 saturated heterocycles. The van der Waals surface area contributed by atoms with E-state index >= 15 is 0 Å². The predicted molar refractivity (Wildman–Crippen MR) is 117 cm³/mol. The molecule has 0 amide bonds. The van der Waals surface area contributed by atoms with E-state index in [1.54, 1.807) is 17.0 Å². The van der Waals surface area contributed by atoms with Crippen molar-refractivity contribution in [1.29, 1.82) is 0 Å². The Labute approximate surface area is 179 Å². The summed E-state index contributed by atoms with van der Waals surface area (Å²) in [5.74, 6) is 1.10. The lowest BCUT2D eigenvalue weighted by molar-refractivity contribution is 0.0909. The number of nitrogens with zero attached hydrogens (tertiary/aromatic N) is 4. The molecule has 1 unspecified atom stereocenters. The number of rotatable bonds is 5. The Hall–Kier alpha value is -2.95. The molecule has 1 aliphatic heterocycles. The summed E-state index contributed by atoms with van der Waals surface area (Å²) < 4.78 is 14.5. The minimum absolute atomic E-state index is 0.0620. The van der Waals surface area contributed by atoms with Crippen LogP contribution in [0.3, 0.4) is 0 Å². The van der Waals surface area contributed by atoms with Crippen LogP contribution in [-0.4, -0.2) is 40.7 Å². The summed E-state index contributed by atoms with van der Waals surface area (Å²) in [6.45, 7) is 9.76. The quantitative estimate of drug-likeness (QED) is 0.582. The summed E-state index contributed by atoms with van der Waals surface area (Å²) in [6.07, 6.45) is 0.237. The van der Waals surface area contributed by atoms with Crippen molar-refractivity contribution in [3.05, 3.63) is 64.0 Å². The molecule has 6 nitrogen and oxygen atoms in total. The molecule has 2 N–H and O–H groups in total. The predicted octanol–water partition coefficient (Wildman–Crippen LogP) is 4.67. The molecule has 1 fully saturated rings. The highest BCUT2D eigenvalue weighted by atomic mass is 35.5. The fourth-order valence-corrected chi connectivity index (χ4v) is 3.84. The number of aromatic nitrogens is 2. The van der Waals surface area contributed by atoms with Crippen LogP contribution in [0.25, 0.3) is 15.6 Å². The van der Waals surface area contributed by atoms with E-state index in [1.807, 2.05) is 31.2 Å². The molecule has 154 valence electrons. The van der Waals surface area contributed by atoms with Crippen molar-refractivity contribution in [2.75, 3.05) is 29.9 Å². The van der Waals surface area contributed by atoms with Crippen LogP contribution in [-0.2, 0) is 6.54 Å². The molecule has 4 rings (SSSR count). The first kappa shape index (κ1) is 20.3. The third kappa shape index (κ3) is 3.89. The van der Waals surface area contributed by atoms with Crippen molar-refractivity contribution in [2.24, 2.45) is 0 Å². The molecule has 0 saturated carbocycles. The number of nitrogens with one attached hydrogen (secondary N) is 1. The van der Waals surface area contributed by atoms with E-state index in [2.05, 4.69) is 20.4 Å². The number of benzene rings is 2. The van der Waals surface area contributed by atoms with E-state index in [1.165, 1.54) is 0 Å². The maximum Gasteiger partial charge on any atom is 0.188 e. The zero-order valence-corrected chi connectivity index (χ0v) is 17.2. The van der Waals surface area contributed by atoms with Crippen molar-refractivity contribution in [1.82, 2.24) is 10.2 Å². The molecule has 1 atom stereocenters. The minimum Gasteiger partial charge on any atom is -0.393 e. The number of hydrogen-bond acceptors (Lipinski definition) is 5. The summed E-state index contributed by atoms with van der Waals surface area (Å²) >= 11 is 6.22. The molecule has 1 aromatic heterocycles. The van der Waals surface area contributed by atoms with Gasteiger partial charge < -0.3 is 15.3 Å². The molecular weight excluding hydrogens is 405 g/mol. The van der Waals surface area contributed by atoms with Crippen LogP contribution in [0.15, 0.2) is 36.4 Å². The molecule has 0 radical (unpaired) electrons. The lowest BCUT2D eigenvalue weighted by Crippen LogP contribution is -2.32. The second-order valence-corrected chi connectivity index (χ2v) is 8.04. The lowest BCUT2D eigenvalue weighted by Gasteiger charge is -2.21. The Morgan fingerprint density at radius 1 is 1.27 bits per heavy atom. The van der Waals surface area contributed by atoms with E-state index in [9.17, 15) is 9.50 Å². The van der Waals surface area contributed by atoms with Crippen molar-refractivity contribution in [2.45, 2.75) is 25.6 Å². The maximum atomic E-state index is 14.5. The summed E-state index contributed by atoms with van der Waals surface area (Å²) in [5.41, 5.74) is 0.857. The van der Waals surface area contributed by atoms with E-state index in [-0.39, 0.29) is 13.0 Å². The van der Waals surface area contributed by atoms with Crippen molar-refractivity contribution in [3.8, 4) is 0 Å². The molecule has 3 aromatic rings. The summed E-state index contributed by atoms with van der Waals surface area (Å²) in [4.78, 5) is 5.31. The van der Waals surface area contributed by atoms with Gasteiger partial charge >= 0.3 is 0 Å². The van der Waals surface area contributed by atoms with E-state index < -0.39 is 12.3 Å². The first-order valence-corrected chi connectivity index (χ1v) is 10.0. The highest BCUT2D eigenvalue weighted by Gasteiger charge is 2.39. The van der Waals surface area contributed by atoms with Gasteiger partial charge in [-0.05, 0) is 30.2 Å². The zero-order chi connectivity index (χ0) is 21.3. The van der Waals surface area contributed by atoms with Gasteiger partial charge in [-0.25, -0.2) is 9.24 Å². The number of halogens is 2. The lowest BCUT2D eigenvalue weighted by atomic mass is 10.1. The normalized spacial score (nSPS) is 18.6. The first-order chi connectivity index (χ1) is 14.4. The molecule has 0 bridgehead atoms. The zero-order valence-electron chi connectivity index (χ0n) is 16.5. The number of aliphatic hydroxyl groups is 1. The summed E-state index contributed by atoms with van der Waals surface area (Å²) in [5, 5.41) is 23.5. The fourth-order valence-electron chi connectivity index (χ4n) is 3.64. The van der Waals surface area contributed by atoms with Gasteiger partial charge in [-0.2, -0.15) is 0 Å². The molecular formula is C22H21ClFN5O. The van der Waals surface area contributed by atoms with Crippen LogP contribution in [0.2, 0.25) is 5.02 Å². The van der Waals surface area contributed by atoms with E-state index in [0.717, 1.165) is 21.9 Å². The minimum atomic E-state index is -1.63. The van der Waals surface area contributed by atoms with Gasteiger partial charge in [0.15, 0.2) is 23.0 Å². The topological polar surface area (TPSA) is 65.6 Å². The van der Waals surface area contributed by atoms with Crippen LogP contribution in [0.1, 0.15) is 17.5 Å². The Kier molecular flexibility index (Phi) is 5.46. The Morgan fingerprint density at radius 3 is 2.80 bits per heavy atom. The summed E-state index contributed by atoms with van der Waals surface area (Å²) in [6, 6.07) is 11.1. The largest absolute Gasteiger partial charge is 0.393 e. The first-order valence-electron chi connectivity index (χ1n) is 9.64. The van der Waals surface area contributed by atoms with Crippen LogP contribution < -0.4 is 10.2 Å². The monoisotopic (exact) mass is 425 g/mol. The average molecular weight is 426 g/mol. The van der Waals surface area contributed by atoms with Crippen molar-refractivity contribution >= 4 is 39.7 Å². The van der Waals surface area contributed by atoms with Gasteiger partial charge in [0.1, 0.15) is 0 Å². The number of fused-ring (bicyclic) bond motifs is 1. The number of alkyl halides is 1. The third-order valence-corrected chi connectivity index (χ3v) is 5.86. The van der Waals surface area contributed by atoms with Crippen LogP contribution >= 0.6 is 11.6 Å². The number of anilines is 2. The van der Waals surface area contributed by atoms with Gasteiger partial charge in [0, 0.05) is 35.3 Å². The van der Waals surface area contributed by atoms with Gasteiger partial charge in [0.05, 0.1) is 19.7 Å². The number of aliphatic hydroxyl groups excluding tert-OH is 1. The standard InChI is InChI=1S/C22H21ClFN5O/c1-14-3-4-15(9-19(14)23)11-26-20-18-10-16(25-2)5-6-17(18)21(28-27-20)29-8-7-22(24,12-29)13-30/h3-6,9-10,30H,7-8,11-13H2,1H3,(H,26,27). The van der Waals surface area contributed by atoms with Crippen LogP contribution in [0.4, 0.5) is 21.7 Å². The third-order valence-electron chi connectivity index (χ3n) is 5.46.